The first-order valence-electron chi connectivity index (χ1n) is 7.27. The molecule has 0 unspecified atom stereocenters. The van der Waals surface area contributed by atoms with E-state index in [0.29, 0.717) is 26.6 Å². The van der Waals surface area contributed by atoms with Crippen LogP contribution in [0.1, 0.15) is 6.92 Å². The summed E-state index contributed by atoms with van der Waals surface area (Å²) in [6, 6.07) is 12.2. The third kappa shape index (κ3) is 3.39. The fourth-order valence-corrected chi connectivity index (χ4v) is 3.24. The molecule has 1 heterocycles. The summed E-state index contributed by atoms with van der Waals surface area (Å²) in [7, 11) is 0. The van der Waals surface area contributed by atoms with Crippen LogP contribution in [0.5, 0.6) is 5.75 Å². The molecule has 5 nitrogen and oxygen atoms in total. The van der Waals surface area contributed by atoms with E-state index in [-0.39, 0.29) is 18.4 Å². The van der Waals surface area contributed by atoms with Gasteiger partial charge < -0.3 is 10.1 Å². The van der Waals surface area contributed by atoms with Gasteiger partial charge in [-0.05, 0) is 53.2 Å². The Balaban J connectivity index is 1.82. The highest BCUT2D eigenvalue weighted by atomic mass is 79.9. The summed E-state index contributed by atoms with van der Waals surface area (Å²) in [4.78, 5) is 26.0. The van der Waals surface area contributed by atoms with Gasteiger partial charge in [0.05, 0.1) is 15.8 Å². The normalized spacial score (nSPS) is 14.6. The van der Waals surface area contributed by atoms with E-state index in [1.807, 2.05) is 6.07 Å². The van der Waals surface area contributed by atoms with Gasteiger partial charge in [-0.2, -0.15) is 0 Å². The number of amides is 2. The van der Waals surface area contributed by atoms with Crippen molar-refractivity contribution >= 4 is 50.7 Å². The number of benzene rings is 2. The van der Waals surface area contributed by atoms with E-state index in [1.165, 1.54) is 4.90 Å². The van der Waals surface area contributed by atoms with Gasteiger partial charge in [-0.3, -0.25) is 14.5 Å². The Hall–Kier alpha value is -2.05. The lowest BCUT2D eigenvalue weighted by atomic mass is 10.1. The highest BCUT2D eigenvalue weighted by Gasteiger charge is 2.30. The molecular formula is C17H14BrClN2O3. The second-order valence-corrected chi connectivity index (χ2v) is 6.62. The van der Waals surface area contributed by atoms with Gasteiger partial charge in [-0.15, -0.1) is 0 Å². The van der Waals surface area contributed by atoms with Crippen molar-refractivity contribution in [3.63, 3.8) is 0 Å². The average Bonchev–Trinajstić information content (AvgIpc) is 2.55. The van der Waals surface area contributed by atoms with E-state index in [9.17, 15) is 9.59 Å². The Morgan fingerprint density at radius 1 is 1.33 bits per heavy atom. The molecule has 7 heteroatoms. The van der Waals surface area contributed by atoms with Crippen molar-refractivity contribution in [3.8, 4) is 5.75 Å². The molecule has 0 radical (unpaired) electrons. The van der Waals surface area contributed by atoms with Gasteiger partial charge >= 0.3 is 0 Å². The van der Waals surface area contributed by atoms with Gasteiger partial charge in [0.15, 0.2) is 6.10 Å². The molecule has 24 heavy (non-hydrogen) atoms. The molecule has 2 aromatic carbocycles. The van der Waals surface area contributed by atoms with E-state index >= 15 is 0 Å². The molecule has 1 N–H and O–H groups in total. The van der Waals surface area contributed by atoms with Crippen LogP contribution in [0.25, 0.3) is 0 Å². The van der Waals surface area contributed by atoms with Crippen LogP contribution in [-0.4, -0.2) is 24.5 Å². The zero-order chi connectivity index (χ0) is 17.3. The Kier molecular flexibility index (Phi) is 4.78. The predicted molar refractivity (Wildman–Crippen MR) is 96.7 cm³/mol. The predicted octanol–water partition coefficient (Wildman–Crippen LogP) is 3.86. The summed E-state index contributed by atoms with van der Waals surface area (Å²) in [5, 5.41) is 3.32. The lowest BCUT2D eigenvalue weighted by Gasteiger charge is -2.31. The van der Waals surface area contributed by atoms with Gasteiger partial charge in [-0.1, -0.05) is 23.7 Å². The largest absolute Gasteiger partial charge is 0.480 e. The summed E-state index contributed by atoms with van der Waals surface area (Å²) in [6.45, 7) is 1.61. The number of nitrogens with one attached hydrogen (secondary N) is 1. The number of hydrogen-bond donors (Lipinski definition) is 1. The number of ether oxygens (including phenoxy) is 1. The maximum atomic E-state index is 12.8. The Bertz CT molecular complexity index is 812. The first-order valence-corrected chi connectivity index (χ1v) is 8.45. The first kappa shape index (κ1) is 16.8. The van der Waals surface area contributed by atoms with Gasteiger partial charge in [0, 0.05) is 5.02 Å². The van der Waals surface area contributed by atoms with E-state index in [0.717, 1.165) is 0 Å². The molecule has 0 fully saturated rings. The highest BCUT2D eigenvalue weighted by Crippen LogP contribution is 2.31. The van der Waals surface area contributed by atoms with Crippen molar-refractivity contribution in [2.75, 3.05) is 16.8 Å². The minimum Gasteiger partial charge on any atom is -0.480 e. The topological polar surface area (TPSA) is 58.6 Å². The van der Waals surface area contributed by atoms with E-state index in [1.54, 1.807) is 43.3 Å². The number of rotatable bonds is 3. The van der Waals surface area contributed by atoms with Crippen LogP contribution in [0.3, 0.4) is 0 Å². The Morgan fingerprint density at radius 3 is 2.83 bits per heavy atom. The fraction of sp³-hybridized carbons (Fsp3) is 0.176. The van der Waals surface area contributed by atoms with Crippen molar-refractivity contribution in [3.05, 3.63) is 52.0 Å². The third-order valence-corrected chi connectivity index (χ3v) is 4.44. The summed E-state index contributed by atoms with van der Waals surface area (Å²) in [5.41, 5.74) is 1.27. The molecule has 124 valence electrons. The molecule has 0 bridgehead atoms. The quantitative estimate of drug-likeness (QED) is 0.837. The summed E-state index contributed by atoms with van der Waals surface area (Å²) in [5.74, 6) is -0.0175. The summed E-state index contributed by atoms with van der Waals surface area (Å²) in [6.07, 6.45) is -0.763. The molecule has 1 atom stereocenters. The molecule has 0 saturated heterocycles. The van der Waals surface area contributed by atoms with Crippen molar-refractivity contribution in [1.29, 1.82) is 0 Å². The maximum Gasteiger partial charge on any atom is 0.268 e. The number of nitrogens with zero attached hydrogens (tertiary/aromatic N) is 1. The molecule has 0 spiro atoms. The lowest BCUT2D eigenvalue weighted by Crippen LogP contribution is -2.47. The summed E-state index contributed by atoms with van der Waals surface area (Å²) < 4.78 is 6.40. The zero-order valence-electron chi connectivity index (χ0n) is 12.8. The Labute approximate surface area is 152 Å². The molecule has 0 aromatic heterocycles. The van der Waals surface area contributed by atoms with E-state index < -0.39 is 6.10 Å². The number of hydrogen-bond acceptors (Lipinski definition) is 3. The van der Waals surface area contributed by atoms with Gasteiger partial charge in [-0.25, -0.2) is 0 Å². The highest BCUT2D eigenvalue weighted by molar-refractivity contribution is 9.10. The molecule has 1 aliphatic heterocycles. The van der Waals surface area contributed by atoms with Crippen molar-refractivity contribution in [1.82, 2.24) is 0 Å². The van der Waals surface area contributed by atoms with Crippen LogP contribution in [-0.2, 0) is 9.59 Å². The summed E-state index contributed by atoms with van der Waals surface area (Å²) >= 11 is 9.26. The van der Waals surface area contributed by atoms with E-state index in [4.69, 9.17) is 16.3 Å². The molecule has 1 aliphatic rings. The first-order chi connectivity index (χ1) is 11.5. The molecule has 0 aliphatic carbocycles. The van der Waals surface area contributed by atoms with Crippen LogP contribution in [0.15, 0.2) is 46.9 Å². The standard InChI is InChI=1S/C17H14BrClN2O3/c1-10(24-15-7-6-11(19)8-12(15)18)17(23)21-9-16(22)20-13-4-2-3-5-14(13)21/h2-8,10H,9H2,1H3,(H,20,22)/t10-/m0/s1. The number of halogens is 2. The second-order valence-electron chi connectivity index (χ2n) is 5.32. The molecule has 2 amide bonds. The number of carbonyl (C=O) groups excluding carboxylic acids is 2. The number of carbonyl (C=O) groups is 2. The number of fused-ring (bicyclic) bond motifs is 1. The molecular weight excluding hydrogens is 396 g/mol. The number of para-hydroxylation sites is 2. The Morgan fingerprint density at radius 2 is 2.08 bits per heavy atom. The fourth-order valence-electron chi connectivity index (χ4n) is 2.46. The monoisotopic (exact) mass is 408 g/mol. The van der Waals surface area contributed by atoms with Crippen LogP contribution in [0, 0.1) is 0 Å². The van der Waals surface area contributed by atoms with Crippen molar-refractivity contribution in [2.45, 2.75) is 13.0 Å². The molecule has 0 saturated carbocycles. The van der Waals surface area contributed by atoms with Gasteiger partial charge in [0.1, 0.15) is 12.3 Å². The third-order valence-electron chi connectivity index (χ3n) is 3.58. The van der Waals surface area contributed by atoms with Gasteiger partial charge in [0.2, 0.25) is 5.91 Å². The average molecular weight is 410 g/mol. The van der Waals surface area contributed by atoms with Gasteiger partial charge in [0.25, 0.3) is 5.91 Å². The molecule has 3 rings (SSSR count). The van der Waals surface area contributed by atoms with E-state index in [2.05, 4.69) is 21.2 Å². The lowest BCUT2D eigenvalue weighted by molar-refractivity contribution is -0.126. The van der Waals surface area contributed by atoms with Crippen molar-refractivity contribution in [2.24, 2.45) is 0 Å². The van der Waals surface area contributed by atoms with Crippen LogP contribution >= 0.6 is 27.5 Å². The smallest absolute Gasteiger partial charge is 0.268 e. The minimum absolute atomic E-state index is 0.0364. The van der Waals surface area contributed by atoms with Crippen LogP contribution < -0.4 is 15.0 Å². The van der Waals surface area contributed by atoms with Crippen molar-refractivity contribution < 1.29 is 14.3 Å². The van der Waals surface area contributed by atoms with Crippen LogP contribution in [0.4, 0.5) is 11.4 Å². The second kappa shape index (κ2) is 6.83. The maximum absolute atomic E-state index is 12.8. The number of anilines is 2. The van der Waals surface area contributed by atoms with Crippen LogP contribution in [0.2, 0.25) is 5.02 Å². The molecule has 2 aromatic rings. The zero-order valence-corrected chi connectivity index (χ0v) is 15.1. The SMILES string of the molecule is C[C@H](Oc1ccc(Cl)cc1Br)C(=O)N1CC(=O)Nc2ccccc21. The minimum atomic E-state index is -0.763.